The highest BCUT2D eigenvalue weighted by molar-refractivity contribution is 7.15. The van der Waals surface area contributed by atoms with E-state index < -0.39 is 5.97 Å². The van der Waals surface area contributed by atoms with Gasteiger partial charge >= 0.3 is 5.97 Å². The normalized spacial score (nSPS) is 24.0. The van der Waals surface area contributed by atoms with Crippen molar-refractivity contribution in [2.45, 2.75) is 45.6 Å². The van der Waals surface area contributed by atoms with Gasteiger partial charge in [0.1, 0.15) is 0 Å². The number of nitrogens with one attached hydrogen (secondary N) is 1. The predicted molar refractivity (Wildman–Crippen MR) is 91.8 cm³/mol. The van der Waals surface area contributed by atoms with Gasteiger partial charge in [-0.15, -0.1) is 11.3 Å². The summed E-state index contributed by atoms with van der Waals surface area (Å²) in [4.78, 5) is 29.1. The molecule has 3 rings (SSSR count). The highest BCUT2D eigenvalue weighted by Gasteiger charge is 2.28. The van der Waals surface area contributed by atoms with Crippen molar-refractivity contribution in [1.82, 2.24) is 14.7 Å². The Morgan fingerprint density at radius 1 is 1.42 bits per heavy atom. The zero-order valence-corrected chi connectivity index (χ0v) is 14.8. The molecule has 0 radical (unpaired) electrons. The number of rotatable bonds is 5. The van der Waals surface area contributed by atoms with E-state index in [2.05, 4.69) is 24.1 Å². The zero-order chi connectivity index (χ0) is 17.1. The van der Waals surface area contributed by atoms with E-state index >= 15 is 0 Å². The maximum atomic E-state index is 12.0. The van der Waals surface area contributed by atoms with Crippen molar-refractivity contribution in [1.29, 1.82) is 0 Å². The minimum atomic E-state index is -0.430. The fourth-order valence-corrected chi connectivity index (χ4v) is 3.96. The van der Waals surface area contributed by atoms with E-state index in [1.165, 1.54) is 17.8 Å². The average molecular weight is 349 g/mol. The summed E-state index contributed by atoms with van der Waals surface area (Å²) in [6.07, 6.45) is 7.12. The van der Waals surface area contributed by atoms with Crippen molar-refractivity contribution in [2.75, 3.05) is 6.61 Å². The van der Waals surface area contributed by atoms with Crippen LogP contribution in [-0.2, 0) is 20.7 Å². The first-order valence-electron chi connectivity index (χ1n) is 8.39. The highest BCUT2D eigenvalue weighted by Crippen LogP contribution is 2.29. The van der Waals surface area contributed by atoms with Crippen molar-refractivity contribution in [3.63, 3.8) is 0 Å². The SMILES string of the molecule is C[C@@H]1[C@H](C)CCC[C@@H]1NC(=O)COC(=O)Cc1cn2ccsc2n1. The molecule has 1 N–H and O–H groups in total. The van der Waals surface area contributed by atoms with Gasteiger partial charge in [0, 0.05) is 23.8 Å². The first kappa shape index (κ1) is 17.0. The topological polar surface area (TPSA) is 72.7 Å². The molecule has 1 aliphatic carbocycles. The molecule has 0 bridgehead atoms. The number of imidazole rings is 1. The predicted octanol–water partition coefficient (Wildman–Crippen LogP) is 2.42. The molecular weight excluding hydrogens is 326 g/mol. The summed E-state index contributed by atoms with van der Waals surface area (Å²) in [5, 5.41) is 4.93. The molecule has 2 heterocycles. The number of hydrogen-bond acceptors (Lipinski definition) is 5. The molecule has 0 unspecified atom stereocenters. The smallest absolute Gasteiger partial charge is 0.312 e. The number of hydrogen-bond donors (Lipinski definition) is 1. The van der Waals surface area contributed by atoms with E-state index in [0.717, 1.165) is 17.8 Å². The van der Waals surface area contributed by atoms with E-state index in [-0.39, 0.29) is 25.0 Å². The van der Waals surface area contributed by atoms with Crippen LogP contribution in [0.15, 0.2) is 17.8 Å². The standard InChI is InChI=1S/C17H23N3O3S/c1-11-4-3-5-14(12(11)2)19-15(21)10-23-16(22)8-13-9-20-6-7-24-17(20)18-13/h6-7,9,11-12,14H,3-5,8,10H2,1-2H3,(H,19,21)/t11-,12-,14+/m1/s1. The molecule has 7 heteroatoms. The van der Waals surface area contributed by atoms with Crippen LogP contribution >= 0.6 is 11.3 Å². The molecule has 6 nitrogen and oxygen atoms in total. The molecule has 1 fully saturated rings. The van der Waals surface area contributed by atoms with Gasteiger partial charge in [0.25, 0.3) is 5.91 Å². The van der Waals surface area contributed by atoms with Gasteiger partial charge in [-0.2, -0.15) is 0 Å². The number of esters is 1. The van der Waals surface area contributed by atoms with Crippen LogP contribution in [0.4, 0.5) is 0 Å². The molecule has 0 aromatic carbocycles. The van der Waals surface area contributed by atoms with Crippen LogP contribution in [0.25, 0.3) is 4.96 Å². The van der Waals surface area contributed by atoms with Gasteiger partial charge in [0.05, 0.1) is 12.1 Å². The molecule has 0 spiro atoms. The number of carbonyl (C=O) groups excluding carboxylic acids is 2. The fourth-order valence-electron chi connectivity index (χ4n) is 3.24. The first-order chi connectivity index (χ1) is 11.5. The molecule has 1 saturated carbocycles. The van der Waals surface area contributed by atoms with Gasteiger partial charge in [-0.3, -0.25) is 14.0 Å². The van der Waals surface area contributed by atoms with Crippen molar-refractivity contribution >= 4 is 28.2 Å². The number of thiazole rings is 1. The second kappa shape index (κ2) is 7.34. The fraction of sp³-hybridized carbons (Fsp3) is 0.588. The van der Waals surface area contributed by atoms with Crippen LogP contribution in [-0.4, -0.2) is 33.9 Å². The van der Waals surface area contributed by atoms with Crippen molar-refractivity contribution in [3.8, 4) is 0 Å². The lowest BCUT2D eigenvalue weighted by Crippen LogP contribution is -2.45. The number of amides is 1. The van der Waals surface area contributed by atoms with Gasteiger partial charge in [0.2, 0.25) is 0 Å². The molecule has 24 heavy (non-hydrogen) atoms. The van der Waals surface area contributed by atoms with Crippen LogP contribution in [0.3, 0.4) is 0 Å². The Morgan fingerprint density at radius 2 is 2.25 bits per heavy atom. The molecule has 2 aromatic rings. The quantitative estimate of drug-likeness (QED) is 0.842. The summed E-state index contributed by atoms with van der Waals surface area (Å²) >= 11 is 1.51. The Bertz CT molecular complexity index is 695. The Hall–Kier alpha value is -1.89. The summed E-state index contributed by atoms with van der Waals surface area (Å²) in [5.74, 6) is 0.416. The van der Waals surface area contributed by atoms with Crippen molar-refractivity contribution in [3.05, 3.63) is 23.5 Å². The van der Waals surface area contributed by atoms with E-state index in [1.807, 2.05) is 16.0 Å². The third-order valence-corrected chi connectivity index (χ3v) is 5.66. The number of ether oxygens (including phenoxy) is 1. The zero-order valence-electron chi connectivity index (χ0n) is 14.0. The first-order valence-corrected chi connectivity index (χ1v) is 9.27. The lowest BCUT2D eigenvalue weighted by Gasteiger charge is -2.34. The van der Waals surface area contributed by atoms with E-state index in [9.17, 15) is 9.59 Å². The van der Waals surface area contributed by atoms with Crippen LogP contribution in [0.5, 0.6) is 0 Å². The number of carbonyl (C=O) groups is 2. The summed E-state index contributed by atoms with van der Waals surface area (Å²) in [6, 6.07) is 0.180. The Labute approximate surface area is 145 Å². The van der Waals surface area contributed by atoms with Crippen molar-refractivity contribution < 1.29 is 14.3 Å². The second-order valence-corrected chi connectivity index (χ2v) is 7.48. The van der Waals surface area contributed by atoms with Crippen LogP contribution in [0.2, 0.25) is 0 Å². The molecule has 0 aliphatic heterocycles. The van der Waals surface area contributed by atoms with E-state index in [0.29, 0.717) is 17.5 Å². The van der Waals surface area contributed by atoms with Gasteiger partial charge in [0.15, 0.2) is 11.6 Å². The van der Waals surface area contributed by atoms with Crippen LogP contribution in [0.1, 0.15) is 38.8 Å². The van der Waals surface area contributed by atoms with E-state index in [4.69, 9.17) is 4.74 Å². The second-order valence-electron chi connectivity index (χ2n) is 6.60. The van der Waals surface area contributed by atoms with E-state index in [1.54, 1.807) is 6.20 Å². The molecule has 0 saturated heterocycles. The summed E-state index contributed by atoms with van der Waals surface area (Å²) in [5.41, 5.74) is 0.655. The van der Waals surface area contributed by atoms with Gasteiger partial charge in [-0.1, -0.05) is 26.7 Å². The number of fused-ring (bicyclic) bond motifs is 1. The minimum absolute atomic E-state index is 0.0819. The largest absolute Gasteiger partial charge is 0.455 e. The minimum Gasteiger partial charge on any atom is -0.455 e. The lowest BCUT2D eigenvalue weighted by molar-refractivity contribution is -0.148. The Morgan fingerprint density at radius 3 is 3.04 bits per heavy atom. The number of nitrogens with zero attached hydrogens (tertiary/aromatic N) is 2. The monoisotopic (exact) mass is 349 g/mol. The molecular formula is C17H23N3O3S. The van der Waals surface area contributed by atoms with Gasteiger partial charge in [-0.05, 0) is 18.3 Å². The summed E-state index contributed by atoms with van der Waals surface area (Å²) < 4.78 is 6.95. The molecule has 3 atom stereocenters. The van der Waals surface area contributed by atoms with Crippen LogP contribution in [0, 0.1) is 11.8 Å². The Kier molecular flexibility index (Phi) is 5.18. The molecule has 1 amide bonds. The van der Waals surface area contributed by atoms with Crippen molar-refractivity contribution in [2.24, 2.45) is 11.8 Å². The summed E-state index contributed by atoms with van der Waals surface area (Å²) in [7, 11) is 0. The lowest BCUT2D eigenvalue weighted by atomic mass is 9.78. The average Bonchev–Trinajstić information content (AvgIpc) is 3.11. The van der Waals surface area contributed by atoms with Gasteiger partial charge < -0.3 is 10.1 Å². The molecule has 2 aromatic heterocycles. The third-order valence-electron chi connectivity index (χ3n) is 4.89. The number of aromatic nitrogens is 2. The third kappa shape index (κ3) is 3.95. The Balaban J connectivity index is 1.43. The highest BCUT2D eigenvalue weighted by atomic mass is 32.1. The summed E-state index contributed by atoms with van der Waals surface area (Å²) in [6.45, 7) is 4.17. The maximum Gasteiger partial charge on any atom is 0.312 e. The van der Waals surface area contributed by atoms with Crippen LogP contribution < -0.4 is 5.32 Å². The molecule has 1 aliphatic rings. The maximum absolute atomic E-state index is 12.0. The van der Waals surface area contributed by atoms with Gasteiger partial charge in [-0.25, -0.2) is 4.98 Å². The molecule has 130 valence electrons.